The van der Waals surface area contributed by atoms with Crippen molar-refractivity contribution in [1.82, 2.24) is 4.90 Å². The Hall–Kier alpha value is -2.04. The van der Waals surface area contributed by atoms with Crippen molar-refractivity contribution in [2.24, 2.45) is 4.99 Å². The van der Waals surface area contributed by atoms with Crippen LogP contribution in [-0.4, -0.2) is 41.6 Å². The molecule has 29 heavy (non-hydrogen) atoms. The molecule has 2 aliphatic carbocycles. The van der Waals surface area contributed by atoms with Crippen LogP contribution in [-0.2, 0) is 16.0 Å². The third-order valence-electron chi connectivity index (χ3n) is 6.53. The molecular weight excluding hydrogens is 362 g/mol. The molecule has 1 heterocycles. The molecule has 1 unspecified atom stereocenters. The van der Waals surface area contributed by atoms with Crippen LogP contribution >= 0.6 is 0 Å². The lowest BCUT2D eigenvalue weighted by Crippen LogP contribution is -2.42. The molecule has 1 amide bonds. The van der Waals surface area contributed by atoms with Crippen molar-refractivity contribution in [2.75, 3.05) is 11.9 Å². The average molecular weight is 398 g/mol. The Balaban J connectivity index is 1.50. The van der Waals surface area contributed by atoms with Crippen LogP contribution in [0.1, 0.15) is 76.7 Å². The van der Waals surface area contributed by atoms with Gasteiger partial charge in [0.2, 0.25) is 0 Å². The molecule has 1 aromatic rings. The van der Waals surface area contributed by atoms with Crippen molar-refractivity contribution in [2.45, 2.75) is 95.7 Å². The van der Waals surface area contributed by atoms with E-state index in [4.69, 9.17) is 9.73 Å². The van der Waals surface area contributed by atoms with Gasteiger partial charge >= 0.3 is 0 Å². The van der Waals surface area contributed by atoms with Gasteiger partial charge < -0.3 is 10.1 Å². The Morgan fingerprint density at radius 3 is 2.31 bits per heavy atom. The molecule has 5 heteroatoms. The fourth-order valence-electron chi connectivity index (χ4n) is 4.92. The molecule has 1 aromatic carbocycles. The lowest BCUT2D eigenvalue weighted by Gasteiger charge is -2.30. The number of aliphatic imine (C=N–C) groups is 1. The van der Waals surface area contributed by atoms with Gasteiger partial charge in [0.25, 0.3) is 11.9 Å². The van der Waals surface area contributed by atoms with Gasteiger partial charge in [-0.1, -0.05) is 50.7 Å². The fraction of sp³-hybridized carbons (Fsp3) is 0.667. The molecule has 1 saturated heterocycles. The summed E-state index contributed by atoms with van der Waals surface area (Å²) in [6.07, 6.45) is 12.0. The van der Waals surface area contributed by atoms with E-state index < -0.39 is 6.10 Å². The maximum atomic E-state index is 13.3. The van der Waals surface area contributed by atoms with Gasteiger partial charge in [-0.25, -0.2) is 4.99 Å². The van der Waals surface area contributed by atoms with Gasteiger partial charge in [0, 0.05) is 24.7 Å². The molecule has 2 saturated carbocycles. The highest BCUT2D eigenvalue weighted by Crippen LogP contribution is 2.30. The average Bonchev–Trinajstić information content (AvgIpc) is 3.05. The van der Waals surface area contributed by atoms with Gasteiger partial charge in [-0.3, -0.25) is 9.69 Å². The molecule has 5 nitrogen and oxygen atoms in total. The van der Waals surface area contributed by atoms with E-state index in [1.165, 1.54) is 38.5 Å². The molecule has 1 aliphatic heterocycles. The standard InChI is InChI=1S/C24H35N3O2/c1-2-25-19-15-13-18(14-16-19)17-22-23(28)27(21-11-7-4-8-12-21)24(29-22)26-20-9-5-3-6-10-20/h13-16,20-22,25H,2-12,17H2,1H3/b26-24+. The van der Waals surface area contributed by atoms with E-state index in [-0.39, 0.29) is 11.9 Å². The number of benzene rings is 1. The van der Waals surface area contributed by atoms with Crippen LogP contribution in [0.3, 0.4) is 0 Å². The molecule has 0 spiro atoms. The summed E-state index contributed by atoms with van der Waals surface area (Å²) >= 11 is 0. The summed E-state index contributed by atoms with van der Waals surface area (Å²) < 4.78 is 6.23. The van der Waals surface area contributed by atoms with Crippen molar-refractivity contribution in [3.05, 3.63) is 29.8 Å². The number of hydrogen-bond acceptors (Lipinski definition) is 4. The van der Waals surface area contributed by atoms with Crippen molar-refractivity contribution < 1.29 is 9.53 Å². The monoisotopic (exact) mass is 397 g/mol. The van der Waals surface area contributed by atoms with E-state index in [9.17, 15) is 4.79 Å². The number of anilines is 1. The Morgan fingerprint density at radius 1 is 1.00 bits per heavy atom. The van der Waals surface area contributed by atoms with Crippen LogP contribution in [0.15, 0.2) is 29.3 Å². The first-order chi connectivity index (χ1) is 14.2. The summed E-state index contributed by atoms with van der Waals surface area (Å²) in [6, 6.07) is 9.53. The smallest absolute Gasteiger partial charge is 0.295 e. The molecule has 3 fully saturated rings. The van der Waals surface area contributed by atoms with Gasteiger partial charge in [-0.15, -0.1) is 0 Å². The number of amidine groups is 1. The lowest BCUT2D eigenvalue weighted by molar-refractivity contribution is -0.131. The number of nitrogens with one attached hydrogen (secondary N) is 1. The minimum absolute atomic E-state index is 0.113. The molecule has 1 atom stereocenters. The molecule has 158 valence electrons. The van der Waals surface area contributed by atoms with E-state index in [0.717, 1.165) is 43.5 Å². The van der Waals surface area contributed by atoms with Gasteiger partial charge in [0.05, 0.1) is 6.04 Å². The topological polar surface area (TPSA) is 53.9 Å². The molecule has 3 aliphatic rings. The number of ether oxygens (including phenoxy) is 1. The number of rotatable bonds is 6. The van der Waals surface area contributed by atoms with Crippen molar-refractivity contribution in [3.63, 3.8) is 0 Å². The van der Waals surface area contributed by atoms with Crippen LogP contribution in [0.5, 0.6) is 0 Å². The van der Waals surface area contributed by atoms with Gasteiger partial charge in [-0.05, 0) is 50.3 Å². The van der Waals surface area contributed by atoms with Crippen LogP contribution in [0.25, 0.3) is 0 Å². The first-order valence-electron chi connectivity index (χ1n) is 11.6. The quantitative estimate of drug-likeness (QED) is 0.742. The summed E-state index contributed by atoms with van der Waals surface area (Å²) in [5.41, 5.74) is 2.24. The summed E-state index contributed by atoms with van der Waals surface area (Å²) in [6.45, 7) is 2.99. The SMILES string of the molecule is CCNc1ccc(CC2O/C(=N/C3CCCCC3)N(C3CCCCC3)C2=O)cc1. The maximum absolute atomic E-state index is 13.3. The number of carbonyl (C=O) groups is 1. The Morgan fingerprint density at radius 2 is 1.66 bits per heavy atom. The van der Waals surface area contributed by atoms with E-state index in [1.807, 2.05) is 4.90 Å². The zero-order valence-corrected chi connectivity index (χ0v) is 17.7. The van der Waals surface area contributed by atoms with Crippen LogP contribution < -0.4 is 5.32 Å². The van der Waals surface area contributed by atoms with Crippen molar-refractivity contribution in [3.8, 4) is 0 Å². The second-order valence-electron chi connectivity index (χ2n) is 8.74. The molecule has 1 N–H and O–H groups in total. The van der Waals surface area contributed by atoms with E-state index in [2.05, 4.69) is 36.5 Å². The first kappa shape index (κ1) is 20.2. The summed E-state index contributed by atoms with van der Waals surface area (Å²) in [5, 5.41) is 3.31. The van der Waals surface area contributed by atoms with E-state index >= 15 is 0 Å². The highest BCUT2D eigenvalue weighted by Gasteiger charge is 2.43. The predicted molar refractivity (Wildman–Crippen MR) is 117 cm³/mol. The molecular formula is C24H35N3O2. The first-order valence-corrected chi connectivity index (χ1v) is 11.6. The molecule has 4 rings (SSSR count). The van der Waals surface area contributed by atoms with Gasteiger partial charge in [-0.2, -0.15) is 0 Å². The van der Waals surface area contributed by atoms with Crippen LogP contribution in [0.4, 0.5) is 5.69 Å². The summed E-state index contributed by atoms with van der Waals surface area (Å²) in [7, 11) is 0. The number of nitrogens with zero attached hydrogens (tertiary/aromatic N) is 2. The Bertz CT molecular complexity index is 703. The highest BCUT2D eigenvalue weighted by molar-refractivity contribution is 6.02. The highest BCUT2D eigenvalue weighted by atomic mass is 16.5. The van der Waals surface area contributed by atoms with Crippen LogP contribution in [0.2, 0.25) is 0 Å². The lowest BCUT2D eigenvalue weighted by atomic mass is 9.94. The van der Waals surface area contributed by atoms with Gasteiger partial charge in [0.15, 0.2) is 6.10 Å². The zero-order valence-electron chi connectivity index (χ0n) is 17.7. The minimum atomic E-state index is -0.441. The Kier molecular flexibility index (Phi) is 6.73. The minimum Gasteiger partial charge on any atom is -0.451 e. The second-order valence-corrected chi connectivity index (χ2v) is 8.74. The number of carbonyl (C=O) groups excluding carboxylic acids is 1. The van der Waals surface area contributed by atoms with Crippen molar-refractivity contribution in [1.29, 1.82) is 0 Å². The fourth-order valence-corrected chi connectivity index (χ4v) is 4.92. The van der Waals surface area contributed by atoms with Crippen LogP contribution in [0, 0.1) is 0 Å². The van der Waals surface area contributed by atoms with Crippen molar-refractivity contribution >= 4 is 17.6 Å². The van der Waals surface area contributed by atoms with Gasteiger partial charge in [0.1, 0.15) is 0 Å². The predicted octanol–water partition coefficient (Wildman–Crippen LogP) is 4.91. The molecule has 0 radical (unpaired) electrons. The largest absolute Gasteiger partial charge is 0.451 e. The van der Waals surface area contributed by atoms with E-state index in [0.29, 0.717) is 18.5 Å². The second kappa shape index (κ2) is 9.64. The summed E-state index contributed by atoms with van der Waals surface area (Å²) in [5.74, 6) is 0.113. The molecule has 0 aromatic heterocycles. The van der Waals surface area contributed by atoms with E-state index in [1.54, 1.807) is 0 Å². The zero-order chi connectivity index (χ0) is 20.1. The maximum Gasteiger partial charge on any atom is 0.295 e. The summed E-state index contributed by atoms with van der Waals surface area (Å²) in [4.78, 5) is 20.2. The number of amides is 1. The number of hydrogen-bond donors (Lipinski definition) is 1. The normalized spacial score (nSPS) is 25.4. The Labute approximate surface area is 174 Å². The molecule has 0 bridgehead atoms. The third kappa shape index (κ3) is 4.93. The third-order valence-corrected chi connectivity index (χ3v) is 6.53.